The van der Waals surface area contributed by atoms with E-state index in [1.807, 2.05) is 0 Å². The minimum Gasteiger partial charge on any atom is -0.368 e. The Morgan fingerprint density at radius 3 is 2.67 bits per heavy atom. The molecular weight excluding hydrogens is 150 g/mol. The van der Waals surface area contributed by atoms with E-state index in [9.17, 15) is 0 Å². The molecule has 1 fully saturated rings. The number of hydrogen-bond donors (Lipinski definition) is 1. The third-order valence-corrected chi connectivity index (χ3v) is 2.30. The molecule has 1 aromatic heterocycles. The molecule has 1 aliphatic heterocycles. The number of rotatable bonds is 1. The van der Waals surface area contributed by atoms with Gasteiger partial charge in [0.25, 0.3) is 0 Å². The van der Waals surface area contributed by atoms with Crippen LogP contribution in [0.15, 0.2) is 18.5 Å². The summed E-state index contributed by atoms with van der Waals surface area (Å²) < 4.78 is 2.09. The van der Waals surface area contributed by atoms with Crippen molar-refractivity contribution in [3.8, 4) is 0 Å². The average molecular weight is 165 g/mol. The lowest BCUT2D eigenvalue weighted by Gasteiger charge is -2.28. The van der Waals surface area contributed by atoms with Crippen molar-refractivity contribution in [1.82, 2.24) is 9.88 Å². The minimum absolute atomic E-state index is 1.11. The van der Waals surface area contributed by atoms with Crippen LogP contribution in [0.25, 0.3) is 0 Å². The van der Waals surface area contributed by atoms with Crippen molar-refractivity contribution in [3.05, 3.63) is 18.5 Å². The standard InChI is InChI=1S/C9H15N3/c1-11-5-2-9(8-11)12-6-3-10-4-7-12/h2,5,8,10H,3-4,6-7H2,1H3. The van der Waals surface area contributed by atoms with Gasteiger partial charge in [0, 0.05) is 45.6 Å². The summed E-state index contributed by atoms with van der Waals surface area (Å²) in [5, 5.41) is 3.34. The largest absolute Gasteiger partial charge is 0.368 e. The lowest BCUT2D eigenvalue weighted by Crippen LogP contribution is -2.43. The Kier molecular flexibility index (Phi) is 2.04. The van der Waals surface area contributed by atoms with Crippen LogP contribution in [0.5, 0.6) is 0 Å². The molecule has 12 heavy (non-hydrogen) atoms. The zero-order valence-electron chi connectivity index (χ0n) is 7.45. The fourth-order valence-electron chi connectivity index (χ4n) is 1.60. The predicted octanol–water partition coefficient (Wildman–Crippen LogP) is 0.435. The van der Waals surface area contributed by atoms with E-state index in [4.69, 9.17) is 0 Å². The molecule has 0 aromatic carbocycles. The highest BCUT2D eigenvalue weighted by Crippen LogP contribution is 2.13. The maximum atomic E-state index is 3.34. The monoisotopic (exact) mass is 165 g/mol. The Balaban J connectivity index is 2.08. The molecule has 0 spiro atoms. The van der Waals surface area contributed by atoms with Crippen LogP contribution < -0.4 is 10.2 Å². The van der Waals surface area contributed by atoms with Crippen LogP contribution in [0, 0.1) is 0 Å². The number of nitrogens with one attached hydrogen (secondary N) is 1. The molecule has 0 amide bonds. The van der Waals surface area contributed by atoms with Crippen molar-refractivity contribution in [2.75, 3.05) is 31.1 Å². The Morgan fingerprint density at radius 2 is 2.08 bits per heavy atom. The normalized spacial score (nSPS) is 18.2. The van der Waals surface area contributed by atoms with Crippen molar-refractivity contribution in [2.24, 2.45) is 7.05 Å². The van der Waals surface area contributed by atoms with E-state index in [2.05, 4.69) is 40.3 Å². The molecule has 1 saturated heterocycles. The third-order valence-electron chi connectivity index (χ3n) is 2.30. The van der Waals surface area contributed by atoms with Gasteiger partial charge in [0.2, 0.25) is 0 Å². The minimum atomic E-state index is 1.11. The summed E-state index contributed by atoms with van der Waals surface area (Å²) in [5.74, 6) is 0. The number of aromatic nitrogens is 1. The zero-order chi connectivity index (χ0) is 8.39. The molecular formula is C9H15N3. The van der Waals surface area contributed by atoms with Gasteiger partial charge in [-0.2, -0.15) is 0 Å². The Bertz CT molecular complexity index is 248. The van der Waals surface area contributed by atoms with Gasteiger partial charge in [0.15, 0.2) is 0 Å². The van der Waals surface area contributed by atoms with Gasteiger partial charge < -0.3 is 14.8 Å². The average Bonchev–Trinajstić information content (AvgIpc) is 2.54. The number of aryl methyl sites for hydroxylation is 1. The Labute approximate surface area is 73.0 Å². The lowest BCUT2D eigenvalue weighted by atomic mass is 10.3. The van der Waals surface area contributed by atoms with Crippen LogP contribution in [0.1, 0.15) is 0 Å². The van der Waals surface area contributed by atoms with E-state index < -0.39 is 0 Å². The highest BCUT2D eigenvalue weighted by molar-refractivity contribution is 5.45. The molecule has 0 aliphatic carbocycles. The highest BCUT2D eigenvalue weighted by Gasteiger charge is 2.10. The predicted molar refractivity (Wildman–Crippen MR) is 50.5 cm³/mol. The first-order chi connectivity index (χ1) is 5.86. The second kappa shape index (κ2) is 3.19. The summed E-state index contributed by atoms with van der Waals surface area (Å²) in [6.45, 7) is 4.47. The molecule has 1 aromatic rings. The van der Waals surface area contributed by atoms with Gasteiger partial charge in [-0.05, 0) is 6.07 Å². The molecule has 0 saturated carbocycles. The molecule has 1 aliphatic rings. The molecule has 0 radical (unpaired) electrons. The van der Waals surface area contributed by atoms with Crippen molar-refractivity contribution in [1.29, 1.82) is 0 Å². The highest BCUT2D eigenvalue weighted by atomic mass is 15.2. The number of piperazine rings is 1. The van der Waals surface area contributed by atoms with Crippen LogP contribution in [-0.4, -0.2) is 30.7 Å². The first-order valence-electron chi connectivity index (χ1n) is 4.44. The molecule has 3 nitrogen and oxygen atoms in total. The first kappa shape index (κ1) is 7.68. The summed E-state index contributed by atoms with van der Waals surface area (Å²) in [7, 11) is 2.06. The van der Waals surface area contributed by atoms with E-state index in [-0.39, 0.29) is 0 Å². The van der Waals surface area contributed by atoms with Gasteiger partial charge in [-0.25, -0.2) is 0 Å². The molecule has 0 unspecified atom stereocenters. The second-order valence-corrected chi connectivity index (χ2v) is 3.27. The smallest absolute Gasteiger partial charge is 0.0546 e. The van der Waals surface area contributed by atoms with Crippen LogP contribution in [0.3, 0.4) is 0 Å². The topological polar surface area (TPSA) is 20.2 Å². The molecule has 1 N–H and O–H groups in total. The fraction of sp³-hybridized carbons (Fsp3) is 0.556. The SMILES string of the molecule is Cn1ccc(N2CCNCC2)c1. The van der Waals surface area contributed by atoms with E-state index >= 15 is 0 Å². The number of hydrogen-bond acceptors (Lipinski definition) is 2. The van der Waals surface area contributed by atoms with Crippen LogP contribution in [-0.2, 0) is 7.05 Å². The molecule has 66 valence electrons. The lowest BCUT2D eigenvalue weighted by molar-refractivity contribution is 0.589. The van der Waals surface area contributed by atoms with Crippen molar-refractivity contribution in [2.45, 2.75) is 0 Å². The number of nitrogens with zero attached hydrogens (tertiary/aromatic N) is 2. The van der Waals surface area contributed by atoms with E-state index in [1.165, 1.54) is 5.69 Å². The maximum Gasteiger partial charge on any atom is 0.0546 e. The van der Waals surface area contributed by atoms with E-state index in [0.29, 0.717) is 0 Å². The first-order valence-corrected chi connectivity index (χ1v) is 4.44. The second-order valence-electron chi connectivity index (χ2n) is 3.27. The molecule has 2 heterocycles. The van der Waals surface area contributed by atoms with Crippen molar-refractivity contribution >= 4 is 5.69 Å². The summed E-state index contributed by atoms with van der Waals surface area (Å²) in [5.41, 5.74) is 1.35. The van der Waals surface area contributed by atoms with Crippen LogP contribution >= 0.6 is 0 Å². The van der Waals surface area contributed by atoms with Gasteiger partial charge in [0.05, 0.1) is 5.69 Å². The molecule has 0 atom stereocenters. The summed E-state index contributed by atoms with van der Waals surface area (Å²) in [6, 6.07) is 2.17. The van der Waals surface area contributed by atoms with Crippen molar-refractivity contribution in [3.63, 3.8) is 0 Å². The third kappa shape index (κ3) is 1.46. The summed E-state index contributed by atoms with van der Waals surface area (Å²) in [6.07, 6.45) is 4.27. The van der Waals surface area contributed by atoms with Crippen LogP contribution in [0.2, 0.25) is 0 Å². The van der Waals surface area contributed by atoms with Gasteiger partial charge in [0.1, 0.15) is 0 Å². The van der Waals surface area contributed by atoms with Gasteiger partial charge in [-0.1, -0.05) is 0 Å². The summed E-state index contributed by atoms with van der Waals surface area (Å²) in [4.78, 5) is 2.41. The van der Waals surface area contributed by atoms with E-state index in [1.54, 1.807) is 0 Å². The Morgan fingerprint density at radius 1 is 1.33 bits per heavy atom. The fourth-order valence-corrected chi connectivity index (χ4v) is 1.60. The molecule has 3 heteroatoms. The van der Waals surface area contributed by atoms with Crippen molar-refractivity contribution < 1.29 is 0 Å². The van der Waals surface area contributed by atoms with Crippen LogP contribution in [0.4, 0.5) is 5.69 Å². The van der Waals surface area contributed by atoms with Gasteiger partial charge >= 0.3 is 0 Å². The molecule has 2 rings (SSSR count). The molecule has 0 bridgehead atoms. The Hall–Kier alpha value is -0.960. The number of anilines is 1. The quantitative estimate of drug-likeness (QED) is 0.651. The maximum absolute atomic E-state index is 3.34. The summed E-state index contributed by atoms with van der Waals surface area (Å²) >= 11 is 0. The van der Waals surface area contributed by atoms with Gasteiger partial charge in [-0.3, -0.25) is 0 Å². The van der Waals surface area contributed by atoms with Gasteiger partial charge in [-0.15, -0.1) is 0 Å². The zero-order valence-corrected chi connectivity index (χ0v) is 7.45. The van der Waals surface area contributed by atoms with E-state index in [0.717, 1.165) is 26.2 Å².